The fourth-order valence-electron chi connectivity index (χ4n) is 2.24. The largest absolute Gasteiger partial charge is 0.573 e. The highest BCUT2D eigenvalue weighted by atomic mass is 79.9. The molecule has 10 heteroatoms. The van der Waals surface area contributed by atoms with Crippen LogP contribution >= 0.6 is 15.9 Å². The molecule has 3 rings (SSSR count). The molecule has 5 nitrogen and oxygen atoms in total. The van der Waals surface area contributed by atoms with Gasteiger partial charge >= 0.3 is 6.36 Å². The van der Waals surface area contributed by atoms with Crippen molar-refractivity contribution in [2.24, 2.45) is 0 Å². The van der Waals surface area contributed by atoms with Crippen molar-refractivity contribution in [2.45, 2.75) is 11.3 Å². The highest BCUT2D eigenvalue weighted by Crippen LogP contribution is 2.33. The lowest BCUT2D eigenvalue weighted by Crippen LogP contribution is -2.21. The van der Waals surface area contributed by atoms with Gasteiger partial charge in [0.1, 0.15) is 4.90 Å². The van der Waals surface area contributed by atoms with E-state index in [1.165, 1.54) is 12.1 Å². The SMILES string of the molecule is O=S(=O)(Nc1ccc2[nH]ccc2c1)c1ccc(Br)cc1OC(F)(F)F. The number of aromatic amines is 1. The van der Waals surface area contributed by atoms with Crippen LogP contribution in [0.25, 0.3) is 10.9 Å². The number of nitrogens with one attached hydrogen (secondary N) is 2. The maximum absolute atomic E-state index is 12.6. The Kier molecular flexibility index (Phi) is 4.41. The minimum absolute atomic E-state index is 0.216. The van der Waals surface area contributed by atoms with Gasteiger partial charge in [-0.25, -0.2) is 8.42 Å². The Morgan fingerprint density at radius 3 is 2.56 bits per heavy atom. The van der Waals surface area contributed by atoms with E-state index in [4.69, 9.17) is 0 Å². The first-order valence-electron chi connectivity index (χ1n) is 6.79. The van der Waals surface area contributed by atoms with E-state index in [1.807, 2.05) is 0 Å². The number of benzene rings is 2. The van der Waals surface area contributed by atoms with Crippen molar-refractivity contribution in [2.75, 3.05) is 4.72 Å². The zero-order chi connectivity index (χ0) is 18.2. The van der Waals surface area contributed by atoms with E-state index in [2.05, 4.69) is 30.4 Å². The standard InChI is InChI=1S/C15H10BrF3N2O3S/c16-10-1-4-14(13(8-10)24-15(17,18)19)25(22,23)21-11-2-3-12-9(7-11)5-6-20-12/h1-8,20-21H. The molecule has 0 fully saturated rings. The Morgan fingerprint density at radius 2 is 1.84 bits per heavy atom. The smallest absolute Gasteiger partial charge is 0.404 e. The number of fused-ring (bicyclic) bond motifs is 1. The van der Waals surface area contributed by atoms with E-state index in [1.54, 1.807) is 24.4 Å². The summed E-state index contributed by atoms with van der Waals surface area (Å²) >= 11 is 2.99. The first-order chi connectivity index (χ1) is 11.6. The van der Waals surface area contributed by atoms with Crippen LogP contribution in [0.1, 0.15) is 0 Å². The zero-order valence-electron chi connectivity index (χ0n) is 12.3. The number of anilines is 1. The van der Waals surface area contributed by atoms with Crippen molar-refractivity contribution in [3.05, 3.63) is 53.1 Å². The summed E-state index contributed by atoms with van der Waals surface area (Å²) in [4.78, 5) is 2.33. The minimum atomic E-state index is -5.02. The van der Waals surface area contributed by atoms with Crippen molar-refractivity contribution in [3.63, 3.8) is 0 Å². The van der Waals surface area contributed by atoms with Crippen molar-refractivity contribution >= 4 is 42.5 Å². The van der Waals surface area contributed by atoms with Gasteiger partial charge in [-0.3, -0.25) is 4.72 Å². The van der Waals surface area contributed by atoms with Gasteiger partial charge in [0.15, 0.2) is 5.75 Å². The molecule has 0 bridgehead atoms. The van der Waals surface area contributed by atoms with Crippen molar-refractivity contribution in [1.82, 2.24) is 4.98 Å². The monoisotopic (exact) mass is 434 g/mol. The molecular weight excluding hydrogens is 425 g/mol. The summed E-state index contributed by atoms with van der Waals surface area (Å²) in [6.45, 7) is 0. The van der Waals surface area contributed by atoms with E-state index in [-0.39, 0.29) is 10.2 Å². The molecule has 0 saturated heterocycles. The Labute approximate surface area is 149 Å². The third kappa shape index (κ3) is 4.07. The summed E-state index contributed by atoms with van der Waals surface area (Å²) in [6.07, 6.45) is -3.33. The lowest BCUT2D eigenvalue weighted by molar-refractivity contribution is -0.275. The third-order valence-corrected chi connectivity index (χ3v) is 5.14. The predicted molar refractivity (Wildman–Crippen MR) is 89.9 cm³/mol. The van der Waals surface area contributed by atoms with E-state index >= 15 is 0 Å². The van der Waals surface area contributed by atoms with Gasteiger partial charge in [-0.1, -0.05) is 15.9 Å². The van der Waals surface area contributed by atoms with E-state index in [9.17, 15) is 21.6 Å². The zero-order valence-corrected chi connectivity index (χ0v) is 14.7. The maximum Gasteiger partial charge on any atom is 0.573 e. The number of hydrogen-bond acceptors (Lipinski definition) is 3. The molecule has 0 aliphatic carbocycles. The van der Waals surface area contributed by atoms with Crippen LogP contribution in [-0.4, -0.2) is 19.8 Å². The maximum atomic E-state index is 12.6. The number of hydrogen-bond donors (Lipinski definition) is 2. The van der Waals surface area contributed by atoms with Crippen LogP contribution < -0.4 is 9.46 Å². The van der Waals surface area contributed by atoms with Crippen LogP contribution in [0.3, 0.4) is 0 Å². The van der Waals surface area contributed by atoms with Gasteiger partial charge < -0.3 is 9.72 Å². The number of ether oxygens (including phenoxy) is 1. The van der Waals surface area contributed by atoms with E-state index < -0.39 is 27.0 Å². The molecule has 132 valence electrons. The number of alkyl halides is 3. The molecule has 1 heterocycles. The lowest BCUT2D eigenvalue weighted by atomic mass is 10.2. The Morgan fingerprint density at radius 1 is 1.08 bits per heavy atom. The molecule has 2 aromatic carbocycles. The topological polar surface area (TPSA) is 71.2 Å². The second-order valence-corrected chi connectivity index (χ2v) is 7.59. The highest BCUT2D eigenvalue weighted by molar-refractivity contribution is 9.10. The number of halogens is 4. The lowest BCUT2D eigenvalue weighted by Gasteiger charge is -2.15. The minimum Gasteiger partial charge on any atom is -0.404 e. The summed E-state index contributed by atoms with van der Waals surface area (Å²) in [5, 5.41) is 0.753. The Hall–Kier alpha value is -2.20. The first kappa shape index (κ1) is 17.6. The second kappa shape index (κ2) is 6.26. The van der Waals surface area contributed by atoms with Gasteiger partial charge in [0.2, 0.25) is 0 Å². The summed E-state index contributed by atoms with van der Waals surface area (Å²) in [5.74, 6) is -0.822. The van der Waals surface area contributed by atoms with Crippen LogP contribution in [0, 0.1) is 0 Å². The Balaban J connectivity index is 1.99. The molecular formula is C15H10BrF3N2O3S. The number of rotatable bonds is 4. The van der Waals surface area contributed by atoms with Crippen LogP contribution in [0.2, 0.25) is 0 Å². The summed E-state index contributed by atoms with van der Waals surface area (Å²) < 4.78 is 69.0. The molecule has 25 heavy (non-hydrogen) atoms. The van der Waals surface area contributed by atoms with Gasteiger partial charge in [0, 0.05) is 27.3 Å². The van der Waals surface area contributed by atoms with Crippen molar-refractivity contribution in [3.8, 4) is 5.75 Å². The van der Waals surface area contributed by atoms with Gasteiger partial charge in [-0.05, 0) is 42.5 Å². The molecule has 0 aliphatic heterocycles. The molecule has 0 saturated carbocycles. The van der Waals surface area contributed by atoms with Gasteiger partial charge in [0.25, 0.3) is 10.0 Å². The van der Waals surface area contributed by atoms with Crippen LogP contribution in [0.5, 0.6) is 5.75 Å². The van der Waals surface area contributed by atoms with E-state index in [0.29, 0.717) is 0 Å². The van der Waals surface area contributed by atoms with Crippen molar-refractivity contribution < 1.29 is 26.3 Å². The third-order valence-electron chi connectivity index (χ3n) is 3.23. The molecule has 1 aromatic heterocycles. The summed E-state index contributed by atoms with van der Waals surface area (Å²) in [5.41, 5.74) is 1.01. The second-order valence-electron chi connectivity index (χ2n) is 5.02. The quantitative estimate of drug-likeness (QED) is 0.628. The summed E-state index contributed by atoms with van der Waals surface area (Å²) in [7, 11) is -4.29. The average Bonchev–Trinajstić information content (AvgIpc) is 2.92. The molecule has 0 radical (unpaired) electrons. The molecule has 0 aliphatic rings. The summed E-state index contributed by atoms with van der Waals surface area (Å²) in [6, 6.07) is 9.74. The molecule has 0 spiro atoms. The van der Waals surface area contributed by atoms with Crippen LogP contribution in [0.15, 0.2) is 58.0 Å². The van der Waals surface area contributed by atoms with Gasteiger partial charge in [0.05, 0.1) is 0 Å². The van der Waals surface area contributed by atoms with Crippen LogP contribution in [0.4, 0.5) is 18.9 Å². The first-order valence-corrected chi connectivity index (χ1v) is 9.07. The fraction of sp³-hybridized carbons (Fsp3) is 0.0667. The van der Waals surface area contributed by atoms with Crippen molar-refractivity contribution in [1.29, 1.82) is 0 Å². The predicted octanol–water partition coefficient (Wildman–Crippen LogP) is 4.63. The number of aromatic nitrogens is 1. The number of sulfonamides is 1. The molecule has 0 atom stereocenters. The van der Waals surface area contributed by atoms with Crippen LogP contribution in [-0.2, 0) is 10.0 Å². The number of H-pyrrole nitrogens is 1. The van der Waals surface area contributed by atoms with Gasteiger partial charge in [-0.2, -0.15) is 0 Å². The van der Waals surface area contributed by atoms with Gasteiger partial charge in [-0.15, -0.1) is 13.2 Å². The molecule has 0 amide bonds. The average molecular weight is 435 g/mol. The van der Waals surface area contributed by atoms with E-state index in [0.717, 1.165) is 23.0 Å². The highest BCUT2D eigenvalue weighted by Gasteiger charge is 2.34. The Bertz CT molecular complexity index is 1030. The normalized spacial score (nSPS) is 12.3. The molecule has 0 unspecified atom stereocenters. The fourth-order valence-corrected chi connectivity index (χ4v) is 3.74. The molecule has 3 aromatic rings. The molecule has 2 N–H and O–H groups in total.